The molecule has 5 heterocycles. The summed E-state index contributed by atoms with van der Waals surface area (Å²) >= 11 is 0. The van der Waals surface area contributed by atoms with E-state index < -0.39 is 30.2 Å². The van der Waals surface area contributed by atoms with E-state index in [2.05, 4.69) is 16.5 Å². The molecule has 2 aliphatic rings. The number of hydrogen-bond acceptors (Lipinski definition) is 5. The van der Waals surface area contributed by atoms with Gasteiger partial charge in [0.05, 0.1) is 29.1 Å². The van der Waals surface area contributed by atoms with Crippen molar-refractivity contribution in [3.8, 4) is 0 Å². The van der Waals surface area contributed by atoms with Gasteiger partial charge in [0.15, 0.2) is 0 Å². The number of fused-ring (bicyclic) bond motifs is 8. The van der Waals surface area contributed by atoms with Crippen LogP contribution in [-0.4, -0.2) is 82.7 Å². The van der Waals surface area contributed by atoms with Crippen LogP contribution in [0.5, 0.6) is 0 Å². The Morgan fingerprint density at radius 2 is 1.58 bits per heavy atom. The second kappa shape index (κ2) is 13.2. The molecule has 5 N–H and O–H groups in total. The van der Waals surface area contributed by atoms with Crippen molar-refractivity contribution in [3.63, 3.8) is 0 Å². The van der Waals surface area contributed by atoms with Crippen LogP contribution in [0.15, 0.2) is 24.8 Å². The Bertz CT molecular complexity index is 1950. The third kappa shape index (κ3) is 6.14. The number of aliphatic carboxylic acids is 3. The fourth-order valence-corrected chi connectivity index (χ4v) is 6.53. The van der Waals surface area contributed by atoms with Gasteiger partial charge in [-0.2, -0.15) is 0 Å². The molecule has 5 rings (SSSR count). The van der Waals surface area contributed by atoms with Crippen molar-refractivity contribution in [1.82, 2.24) is 19.9 Å². The summed E-state index contributed by atoms with van der Waals surface area (Å²) in [5, 5.41) is 29.9. The zero-order chi connectivity index (χ0) is 32.0. The molecule has 0 spiro atoms. The van der Waals surface area contributed by atoms with Crippen molar-refractivity contribution in [1.29, 1.82) is 0 Å². The van der Waals surface area contributed by atoms with E-state index in [0.29, 0.717) is 29.1 Å². The van der Waals surface area contributed by atoms with Gasteiger partial charge >= 0.3 is 47.5 Å². The number of aromatic amines is 2. The van der Waals surface area contributed by atoms with E-state index in [1.54, 1.807) is 13.0 Å². The molecule has 11 heteroatoms. The van der Waals surface area contributed by atoms with Crippen LogP contribution in [0.1, 0.15) is 96.0 Å². The molecule has 8 bridgehead atoms. The fourth-order valence-electron chi connectivity index (χ4n) is 6.53. The standard InChI is InChI=1S/C34H36N4O6.Na.H/c1-7-19-15(3)23-12-25-17(5)21(9-10-29(39)40)32(37-25)22(11-30(41)42)33-31(34(43)44)18(6)26(38-33)14-28-20(8-2)16(4)24(36-28)13-27(19)35-23;;/h7,12-14,17,21,35-36H,1,8-11H2,2-6H3,(H,39,40)(H,41,42)(H,43,44);;/t17-,21-;;/m0../s1. The Kier molecular flexibility index (Phi) is 9.91. The molecule has 45 heavy (non-hydrogen) atoms. The van der Waals surface area contributed by atoms with Crippen LogP contribution in [-0.2, 0) is 27.2 Å². The molecule has 0 aliphatic carbocycles. The fraction of sp³-hybridized carbons (Fsp3) is 0.324. The van der Waals surface area contributed by atoms with E-state index in [1.165, 1.54) is 0 Å². The number of H-pyrrole nitrogens is 2. The summed E-state index contributed by atoms with van der Waals surface area (Å²) in [5.74, 6) is -4.13. The molecule has 0 amide bonds. The molecule has 0 radical (unpaired) electrons. The Balaban J connectivity index is 0.00000461. The van der Waals surface area contributed by atoms with E-state index >= 15 is 0 Å². The van der Waals surface area contributed by atoms with Crippen LogP contribution in [0.3, 0.4) is 0 Å². The Morgan fingerprint density at radius 3 is 2.18 bits per heavy atom. The zero-order valence-corrected chi connectivity index (χ0v) is 25.5. The number of carboxylic acids is 3. The summed E-state index contributed by atoms with van der Waals surface area (Å²) in [6.07, 6.45) is 2.03. The van der Waals surface area contributed by atoms with Gasteiger partial charge in [0, 0.05) is 57.1 Å². The van der Waals surface area contributed by atoms with Crippen LogP contribution < -0.4 is 0 Å². The monoisotopic (exact) mass is 620 g/mol. The van der Waals surface area contributed by atoms with E-state index in [9.17, 15) is 29.7 Å². The second-order valence-electron chi connectivity index (χ2n) is 11.5. The molecular weight excluding hydrogens is 583 g/mol. The Labute approximate surface area is 282 Å². The average Bonchev–Trinajstić information content (AvgIpc) is 3.63. The predicted molar refractivity (Wildman–Crippen MR) is 177 cm³/mol. The number of aryl methyl sites for hydroxylation is 3. The van der Waals surface area contributed by atoms with E-state index in [4.69, 9.17) is 9.97 Å². The van der Waals surface area contributed by atoms with Gasteiger partial charge in [-0.15, -0.1) is 0 Å². The first-order chi connectivity index (χ1) is 20.9. The molecule has 2 atom stereocenters. The van der Waals surface area contributed by atoms with Crippen molar-refractivity contribution in [2.24, 2.45) is 0 Å². The molecule has 3 aromatic heterocycles. The number of aromatic nitrogens is 4. The van der Waals surface area contributed by atoms with Gasteiger partial charge in [-0.05, 0) is 74.1 Å². The minimum absolute atomic E-state index is 0. The van der Waals surface area contributed by atoms with Crippen LogP contribution in [0.4, 0.5) is 0 Å². The number of nitrogens with zero attached hydrogens (tertiary/aromatic N) is 2. The van der Waals surface area contributed by atoms with Gasteiger partial charge in [0.1, 0.15) is 0 Å². The second-order valence-corrected chi connectivity index (χ2v) is 11.5. The molecule has 3 aromatic rings. The van der Waals surface area contributed by atoms with Gasteiger partial charge in [-0.1, -0.05) is 26.5 Å². The first-order valence-electron chi connectivity index (χ1n) is 14.6. The van der Waals surface area contributed by atoms with E-state index in [1.807, 2.05) is 45.9 Å². The Morgan fingerprint density at radius 1 is 0.911 bits per heavy atom. The van der Waals surface area contributed by atoms with Gasteiger partial charge in [0.25, 0.3) is 0 Å². The molecule has 0 aromatic carbocycles. The Hall–Kier alpha value is -3.99. The number of hydrogen-bond donors (Lipinski definition) is 5. The summed E-state index contributed by atoms with van der Waals surface area (Å²) in [6, 6.07) is 5.75. The van der Waals surface area contributed by atoms with Gasteiger partial charge < -0.3 is 25.3 Å². The summed E-state index contributed by atoms with van der Waals surface area (Å²) in [7, 11) is 0. The molecule has 2 aliphatic heterocycles. The number of rotatable bonds is 8. The number of carbonyl (C=O) groups is 3. The quantitative estimate of drug-likeness (QED) is 0.194. The van der Waals surface area contributed by atoms with Crippen molar-refractivity contribution >= 4 is 86.8 Å². The third-order valence-electron chi connectivity index (χ3n) is 8.94. The molecule has 0 saturated carbocycles. The van der Waals surface area contributed by atoms with E-state index in [0.717, 1.165) is 44.3 Å². The first kappa shape index (κ1) is 33.9. The molecule has 230 valence electrons. The molecule has 0 fully saturated rings. The maximum absolute atomic E-state index is 12.7. The molecule has 0 unspecified atom stereocenters. The number of nitrogens with one attached hydrogen (secondary N) is 2. The molecular formula is C34H37N4NaO6. The molecule has 0 saturated heterocycles. The summed E-state index contributed by atoms with van der Waals surface area (Å²) in [5.41, 5.74) is 9.23. The SMILES string of the molecule is C=Cc1c(C)c2cc3nc(c(CC(=O)O)c4nc(cc5[nH]c(cc1[nH]2)c(C)c5CC)C(C)=C4C(=O)O)[C@@H](CCC(=O)O)[C@@H]3C.[NaH]. The van der Waals surface area contributed by atoms with Crippen molar-refractivity contribution in [2.75, 3.05) is 0 Å². The van der Waals surface area contributed by atoms with E-state index in [-0.39, 0.29) is 65.1 Å². The summed E-state index contributed by atoms with van der Waals surface area (Å²) < 4.78 is 0. The van der Waals surface area contributed by atoms with Gasteiger partial charge in [-0.3, -0.25) is 14.6 Å². The van der Waals surface area contributed by atoms with Gasteiger partial charge in [0.2, 0.25) is 0 Å². The third-order valence-corrected chi connectivity index (χ3v) is 8.94. The van der Waals surface area contributed by atoms with Crippen molar-refractivity contribution in [3.05, 3.63) is 75.4 Å². The topological polar surface area (TPSA) is 169 Å². The van der Waals surface area contributed by atoms with Crippen molar-refractivity contribution < 1.29 is 29.7 Å². The first-order valence-corrected chi connectivity index (χ1v) is 14.6. The van der Waals surface area contributed by atoms with Crippen LogP contribution in [0.2, 0.25) is 0 Å². The number of allylic oxidation sites excluding steroid dienone is 1. The zero-order valence-electron chi connectivity index (χ0n) is 25.5. The van der Waals surface area contributed by atoms with Crippen LogP contribution in [0.25, 0.3) is 39.3 Å². The minimum atomic E-state index is -1.23. The van der Waals surface area contributed by atoms with Crippen LogP contribution >= 0.6 is 0 Å². The van der Waals surface area contributed by atoms with Crippen molar-refractivity contribution in [2.45, 2.75) is 72.1 Å². The summed E-state index contributed by atoms with van der Waals surface area (Å²) in [4.78, 5) is 53.2. The average molecular weight is 621 g/mol. The van der Waals surface area contributed by atoms with Gasteiger partial charge in [-0.25, -0.2) is 9.78 Å². The predicted octanol–water partition coefficient (Wildman–Crippen LogP) is 5.88. The number of carboxylic acid groups (broad SMARTS) is 3. The maximum atomic E-state index is 12.7. The molecule has 10 nitrogen and oxygen atoms in total. The van der Waals surface area contributed by atoms with Crippen LogP contribution in [0, 0.1) is 13.8 Å². The normalized spacial score (nSPS) is 15.9. The summed E-state index contributed by atoms with van der Waals surface area (Å²) in [6.45, 7) is 13.7.